The zero-order valence-corrected chi connectivity index (χ0v) is 9.66. The Balaban J connectivity index is 2.41. The molecule has 4 nitrogen and oxygen atoms in total. The molecule has 0 bridgehead atoms. The van der Waals surface area contributed by atoms with Gasteiger partial charge in [0.05, 0.1) is 12.0 Å². The molecule has 0 atom stereocenters. The van der Waals surface area contributed by atoms with Crippen LogP contribution in [-0.2, 0) is 9.53 Å². The second kappa shape index (κ2) is 5.47. The van der Waals surface area contributed by atoms with E-state index in [2.05, 4.69) is 0 Å². The number of carbonyl (C=O) groups excluding carboxylic acids is 1. The number of hydrogen-bond acceptors (Lipinski definition) is 3. The zero-order chi connectivity index (χ0) is 11.3. The molecule has 1 aliphatic carbocycles. The van der Waals surface area contributed by atoms with E-state index in [9.17, 15) is 9.90 Å². The topological polar surface area (TPSA) is 49.8 Å². The summed E-state index contributed by atoms with van der Waals surface area (Å²) in [6, 6.07) is 0. The van der Waals surface area contributed by atoms with E-state index in [-0.39, 0.29) is 19.1 Å². The van der Waals surface area contributed by atoms with Gasteiger partial charge in [-0.25, -0.2) is 0 Å². The molecule has 15 heavy (non-hydrogen) atoms. The number of methoxy groups -OCH3 is 1. The third kappa shape index (κ3) is 3.80. The van der Waals surface area contributed by atoms with Crippen molar-refractivity contribution < 1.29 is 14.6 Å². The van der Waals surface area contributed by atoms with E-state index in [4.69, 9.17) is 4.74 Å². The van der Waals surface area contributed by atoms with E-state index < -0.39 is 5.60 Å². The van der Waals surface area contributed by atoms with Crippen molar-refractivity contribution in [2.45, 2.75) is 44.1 Å². The predicted molar refractivity (Wildman–Crippen MR) is 57.3 cm³/mol. The maximum Gasteiger partial charge on any atom is 0.227 e. The molecule has 0 unspecified atom stereocenters. The van der Waals surface area contributed by atoms with Gasteiger partial charge in [0.25, 0.3) is 0 Å². The van der Waals surface area contributed by atoms with Crippen molar-refractivity contribution in [2.75, 3.05) is 20.9 Å². The Morgan fingerprint density at radius 1 is 1.40 bits per heavy atom. The second-order valence-corrected chi connectivity index (χ2v) is 4.47. The maximum absolute atomic E-state index is 11.7. The molecular weight excluding hydrogens is 194 g/mol. The summed E-state index contributed by atoms with van der Waals surface area (Å²) in [5.41, 5.74) is -0.767. The minimum Gasteiger partial charge on any atom is -0.389 e. The Hall–Kier alpha value is -0.610. The minimum atomic E-state index is -0.767. The first-order valence-corrected chi connectivity index (χ1v) is 5.53. The average molecular weight is 215 g/mol. The largest absolute Gasteiger partial charge is 0.389 e. The number of ether oxygens (including phenoxy) is 1. The van der Waals surface area contributed by atoms with Gasteiger partial charge in [-0.2, -0.15) is 0 Å². The van der Waals surface area contributed by atoms with Gasteiger partial charge in [0.1, 0.15) is 6.73 Å². The van der Waals surface area contributed by atoms with Gasteiger partial charge in [-0.1, -0.05) is 19.3 Å². The standard InChI is InChI=1S/C11H21NO3/c1-12(9-15-2)10(13)8-11(14)6-4-3-5-7-11/h14H,3-9H2,1-2H3. The third-order valence-corrected chi connectivity index (χ3v) is 3.01. The first-order valence-electron chi connectivity index (χ1n) is 5.53. The molecule has 0 spiro atoms. The summed E-state index contributed by atoms with van der Waals surface area (Å²) in [5.74, 6) is -0.0405. The monoisotopic (exact) mass is 215 g/mol. The fourth-order valence-corrected chi connectivity index (χ4v) is 2.07. The van der Waals surface area contributed by atoms with Crippen molar-refractivity contribution in [1.29, 1.82) is 0 Å². The molecule has 0 aromatic carbocycles. The first kappa shape index (κ1) is 12.5. The van der Waals surface area contributed by atoms with E-state index in [0.29, 0.717) is 0 Å². The Kier molecular flexibility index (Phi) is 4.54. The number of aliphatic hydroxyl groups is 1. The van der Waals surface area contributed by atoms with Crippen LogP contribution in [0.4, 0.5) is 0 Å². The summed E-state index contributed by atoms with van der Waals surface area (Å²) in [6.45, 7) is 0.287. The molecule has 0 aromatic rings. The van der Waals surface area contributed by atoms with Crippen molar-refractivity contribution in [2.24, 2.45) is 0 Å². The zero-order valence-electron chi connectivity index (χ0n) is 9.66. The number of hydrogen-bond donors (Lipinski definition) is 1. The lowest BCUT2D eigenvalue weighted by molar-refractivity contribution is -0.140. The molecule has 0 saturated heterocycles. The molecule has 1 saturated carbocycles. The number of carbonyl (C=O) groups is 1. The van der Waals surface area contributed by atoms with Crippen LogP contribution in [0.5, 0.6) is 0 Å². The second-order valence-electron chi connectivity index (χ2n) is 4.47. The van der Waals surface area contributed by atoms with Gasteiger partial charge in [0.15, 0.2) is 0 Å². The third-order valence-electron chi connectivity index (χ3n) is 3.01. The Labute approximate surface area is 91.2 Å². The van der Waals surface area contributed by atoms with Crippen LogP contribution in [0.15, 0.2) is 0 Å². The smallest absolute Gasteiger partial charge is 0.227 e. The van der Waals surface area contributed by atoms with Crippen LogP contribution in [0, 0.1) is 0 Å². The summed E-state index contributed by atoms with van der Waals surface area (Å²) in [5, 5.41) is 10.2. The van der Waals surface area contributed by atoms with Gasteiger partial charge >= 0.3 is 0 Å². The Morgan fingerprint density at radius 3 is 2.53 bits per heavy atom. The van der Waals surface area contributed by atoms with E-state index in [0.717, 1.165) is 25.7 Å². The number of amides is 1. The van der Waals surface area contributed by atoms with Crippen LogP contribution >= 0.6 is 0 Å². The van der Waals surface area contributed by atoms with Crippen LogP contribution in [0.25, 0.3) is 0 Å². The highest BCUT2D eigenvalue weighted by molar-refractivity contribution is 5.76. The van der Waals surface area contributed by atoms with Gasteiger partial charge in [-0.15, -0.1) is 0 Å². The SMILES string of the molecule is COCN(C)C(=O)CC1(O)CCCCC1. The van der Waals surface area contributed by atoms with Crippen LogP contribution < -0.4 is 0 Å². The lowest BCUT2D eigenvalue weighted by Gasteiger charge is -2.32. The van der Waals surface area contributed by atoms with Crippen molar-refractivity contribution in [3.05, 3.63) is 0 Å². The molecule has 0 aliphatic heterocycles. The van der Waals surface area contributed by atoms with Crippen molar-refractivity contribution >= 4 is 5.91 Å². The van der Waals surface area contributed by atoms with Crippen LogP contribution in [0.2, 0.25) is 0 Å². The molecule has 1 rings (SSSR count). The van der Waals surface area contributed by atoms with Gasteiger partial charge in [0.2, 0.25) is 5.91 Å². The van der Waals surface area contributed by atoms with Gasteiger partial charge < -0.3 is 14.7 Å². The predicted octanol–water partition coefficient (Wildman–Crippen LogP) is 1.13. The van der Waals surface area contributed by atoms with Crippen molar-refractivity contribution in [1.82, 2.24) is 4.90 Å². The van der Waals surface area contributed by atoms with Gasteiger partial charge in [-0.05, 0) is 12.8 Å². The summed E-state index contributed by atoms with van der Waals surface area (Å²) < 4.78 is 4.87. The summed E-state index contributed by atoms with van der Waals surface area (Å²) >= 11 is 0. The van der Waals surface area contributed by atoms with E-state index in [1.165, 1.54) is 11.3 Å². The fourth-order valence-electron chi connectivity index (χ4n) is 2.07. The first-order chi connectivity index (χ1) is 7.07. The Bertz CT molecular complexity index is 212. The summed E-state index contributed by atoms with van der Waals surface area (Å²) in [4.78, 5) is 13.2. The molecule has 0 radical (unpaired) electrons. The van der Waals surface area contributed by atoms with E-state index in [1.807, 2.05) is 0 Å². The highest BCUT2D eigenvalue weighted by Gasteiger charge is 2.32. The quantitative estimate of drug-likeness (QED) is 0.715. The average Bonchev–Trinajstić information content (AvgIpc) is 2.18. The summed E-state index contributed by atoms with van der Waals surface area (Å²) in [7, 11) is 3.25. The van der Waals surface area contributed by atoms with Crippen molar-refractivity contribution in [3.8, 4) is 0 Å². The molecule has 4 heteroatoms. The fraction of sp³-hybridized carbons (Fsp3) is 0.909. The van der Waals surface area contributed by atoms with E-state index in [1.54, 1.807) is 14.2 Å². The van der Waals surface area contributed by atoms with Crippen molar-refractivity contribution in [3.63, 3.8) is 0 Å². The highest BCUT2D eigenvalue weighted by Crippen LogP contribution is 2.31. The highest BCUT2D eigenvalue weighted by atomic mass is 16.5. The van der Waals surface area contributed by atoms with Gasteiger partial charge in [-0.3, -0.25) is 4.79 Å². The lowest BCUT2D eigenvalue weighted by Crippen LogP contribution is -2.39. The minimum absolute atomic E-state index is 0.0405. The molecular formula is C11H21NO3. The molecule has 0 heterocycles. The molecule has 1 fully saturated rings. The number of nitrogens with zero attached hydrogens (tertiary/aromatic N) is 1. The number of rotatable bonds is 4. The molecule has 88 valence electrons. The van der Waals surface area contributed by atoms with Crippen LogP contribution in [0.1, 0.15) is 38.5 Å². The lowest BCUT2D eigenvalue weighted by atomic mass is 9.82. The molecule has 0 aromatic heterocycles. The molecule has 1 aliphatic rings. The molecule has 1 N–H and O–H groups in total. The van der Waals surface area contributed by atoms with Gasteiger partial charge in [0, 0.05) is 14.2 Å². The summed E-state index contributed by atoms with van der Waals surface area (Å²) in [6.07, 6.45) is 4.95. The van der Waals surface area contributed by atoms with E-state index >= 15 is 0 Å². The Morgan fingerprint density at radius 2 is 2.00 bits per heavy atom. The van der Waals surface area contributed by atoms with Crippen LogP contribution in [0.3, 0.4) is 0 Å². The normalized spacial score (nSPS) is 19.9. The maximum atomic E-state index is 11.7. The van der Waals surface area contributed by atoms with Crippen LogP contribution in [-0.4, -0.2) is 42.4 Å². The molecule has 1 amide bonds.